The van der Waals surface area contributed by atoms with E-state index in [4.69, 9.17) is 5.11 Å². The molecule has 0 saturated heterocycles. The summed E-state index contributed by atoms with van der Waals surface area (Å²) < 4.78 is 2.11. The highest BCUT2D eigenvalue weighted by Crippen LogP contribution is 2.28. The minimum absolute atomic E-state index is 0.431. The fourth-order valence-electron chi connectivity index (χ4n) is 1.55. The first-order chi connectivity index (χ1) is 8.50. The lowest BCUT2D eigenvalue weighted by molar-refractivity contribution is -0.140. The number of carboxylic acids is 1. The third-order valence-electron chi connectivity index (χ3n) is 2.58. The maximum atomic E-state index is 11.0. The van der Waals surface area contributed by atoms with Crippen LogP contribution in [-0.2, 0) is 4.79 Å². The number of carboxylic acid groups (broad SMARTS) is 1. The maximum absolute atomic E-state index is 11.0. The second-order valence-electron chi connectivity index (χ2n) is 3.94. The molecular weight excluding hydrogens is 300 g/mol. The Bertz CT molecular complexity index is 596. The van der Waals surface area contributed by atoms with Crippen LogP contribution in [0.3, 0.4) is 0 Å². The SMILES string of the molecule is Cc1ccc(Br)c(-c2nnnn2C(C)C(=O)O)c1. The van der Waals surface area contributed by atoms with Crippen molar-refractivity contribution in [3.63, 3.8) is 0 Å². The van der Waals surface area contributed by atoms with Gasteiger partial charge in [-0.05, 0) is 36.4 Å². The van der Waals surface area contributed by atoms with Gasteiger partial charge >= 0.3 is 5.97 Å². The highest BCUT2D eigenvalue weighted by molar-refractivity contribution is 9.10. The predicted octanol–water partition coefficient (Wildman–Crippen LogP) is 2.06. The van der Waals surface area contributed by atoms with Crippen molar-refractivity contribution in [1.29, 1.82) is 0 Å². The van der Waals surface area contributed by atoms with E-state index in [0.29, 0.717) is 5.82 Å². The topological polar surface area (TPSA) is 80.9 Å². The molecule has 0 aliphatic heterocycles. The lowest BCUT2D eigenvalue weighted by Crippen LogP contribution is -2.18. The van der Waals surface area contributed by atoms with Gasteiger partial charge in [-0.25, -0.2) is 9.48 Å². The molecule has 1 aromatic carbocycles. The Morgan fingerprint density at radius 1 is 1.50 bits per heavy atom. The van der Waals surface area contributed by atoms with Crippen molar-refractivity contribution in [2.24, 2.45) is 0 Å². The van der Waals surface area contributed by atoms with Crippen molar-refractivity contribution < 1.29 is 9.90 Å². The van der Waals surface area contributed by atoms with Gasteiger partial charge in [-0.15, -0.1) is 5.10 Å². The Morgan fingerprint density at radius 3 is 2.89 bits per heavy atom. The number of rotatable bonds is 3. The van der Waals surface area contributed by atoms with Crippen molar-refractivity contribution in [2.75, 3.05) is 0 Å². The minimum atomic E-state index is -0.979. The van der Waals surface area contributed by atoms with Crippen molar-refractivity contribution in [3.8, 4) is 11.4 Å². The summed E-state index contributed by atoms with van der Waals surface area (Å²) in [6, 6.07) is 4.92. The minimum Gasteiger partial charge on any atom is -0.480 e. The number of hydrogen-bond donors (Lipinski definition) is 1. The molecule has 18 heavy (non-hydrogen) atoms. The smallest absolute Gasteiger partial charge is 0.328 e. The van der Waals surface area contributed by atoms with E-state index in [1.165, 1.54) is 11.6 Å². The summed E-state index contributed by atoms with van der Waals surface area (Å²) in [5.74, 6) is -0.548. The van der Waals surface area contributed by atoms with Gasteiger partial charge in [-0.3, -0.25) is 0 Å². The molecule has 1 atom stereocenters. The standard InChI is InChI=1S/C11H11BrN4O2/c1-6-3-4-9(12)8(5-6)10-13-14-15-16(10)7(2)11(17)18/h3-5,7H,1-2H3,(H,17,18). The molecule has 0 amide bonds. The quantitative estimate of drug-likeness (QED) is 0.938. The van der Waals surface area contributed by atoms with Crippen molar-refractivity contribution >= 4 is 21.9 Å². The van der Waals surface area contributed by atoms with Crippen LogP contribution in [0.25, 0.3) is 11.4 Å². The Kier molecular flexibility index (Phi) is 3.42. The maximum Gasteiger partial charge on any atom is 0.328 e. The largest absolute Gasteiger partial charge is 0.480 e. The Morgan fingerprint density at radius 2 is 2.22 bits per heavy atom. The van der Waals surface area contributed by atoms with Gasteiger partial charge in [0.2, 0.25) is 0 Å². The van der Waals surface area contributed by atoms with Crippen molar-refractivity contribution in [2.45, 2.75) is 19.9 Å². The second kappa shape index (κ2) is 4.85. The first-order valence-electron chi connectivity index (χ1n) is 5.28. The van der Waals surface area contributed by atoms with Crippen LogP contribution >= 0.6 is 15.9 Å². The molecule has 0 fully saturated rings. The van der Waals surface area contributed by atoms with Gasteiger partial charge in [0.05, 0.1) is 0 Å². The molecule has 1 heterocycles. The molecule has 0 spiro atoms. The summed E-state index contributed by atoms with van der Waals surface area (Å²) in [6.45, 7) is 3.48. The molecule has 1 N–H and O–H groups in total. The van der Waals surface area contributed by atoms with E-state index in [0.717, 1.165) is 15.6 Å². The van der Waals surface area contributed by atoms with Crippen LogP contribution in [0.5, 0.6) is 0 Å². The van der Waals surface area contributed by atoms with Crippen LogP contribution in [0.15, 0.2) is 22.7 Å². The summed E-state index contributed by atoms with van der Waals surface area (Å²) in [5.41, 5.74) is 1.82. The normalized spacial score (nSPS) is 12.4. The molecule has 0 bridgehead atoms. The number of tetrazole rings is 1. The fraction of sp³-hybridized carbons (Fsp3) is 0.273. The van der Waals surface area contributed by atoms with Crippen molar-refractivity contribution in [1.82, 2.24) is 20.2 Å². The van der Waals surface area contributed by atoms with Crippen LogP contribution in [0, 0.1) is 6.92 Å². The highest BCUT2D eigenvalue weighted by atomic mass is 79.9. The molecule has 2 aromatic rings. The predicted molar refractivity (Wildman–Crippen MR) is 68.0 cm³/mol. The van der Waals surface area contributed by atoms with Crippen molar-refractivity contribution in [3.05, 3.63) is 28.2 Å². The van der Waals surface area contributed by atoms with Gasteiger partial charge in [-0.2, -0.15) is 0 Å². The van der Waals surface area contributed by atoms with E-state index >= 15 is 0 Å². The number of nitrogens with zero attached hydrogens (tertiary/aromatic N) is 4. The zero-order chi connectivity index (χ0) is 13.3. The Labute approximate surface area is 112 Å². The number of halogens is 1. The van der Waals surface area contributed by atoms with Gasteiger partial charge in [0, 0.05) is 10.0 Å². The summed E-state index contributed by atoms with van der Waals surface area (Å²) in [5, 5.41) is 20.2. The van der Waals surface area contributed by atoms with Crippen LogP contribution in [-0.4, -0.2) is 31.3 Å². The fourth-order valence-corrected chi connectivity index (χ4v) is 1.97. The van der Waals surface area contributed by atoms with Gasteiger partial charge in [-0.1, -0.05) is 27.6 Å². The third kappa shape index (κ3) is 2.26. The average molecular weight is 311 g/mol. The van der Waals surface area contributed by atoms with Crippen LogP contribution < -0.4 is 0 Å². The molecule has 0 aliphatic carbocycles. The average Bonchev–Trinajstić information content (AvgIpc) is 2.80. The molecule has 1 unspecified atom stereocenters. The summed E-state index contributed by atoms with van der Waals surface area (Å²) in [7, 11) is 0. The Balaban J connectivity index is 2.55. The van der Waals surface area contributed by atoms with E-state index in [-0.39, 0.29) is 0 Å². The number of aromatic nitrogens is 4. The lowest BCUT2D eigenvalue weighted by atomic mass is 10.1. The van der Waals surface area contributed by atoms with E-state index in [1.807, 2.05) is 25.1 Å². The summed E-state index contributed by atoms with van der Waals surface area (Å²) >= 11 is 3.42. The van der Waals surface area contributed by atoms with Gasteiger partial charge < -0.3 is 5.11 Å². The van der Waals surface area contributed by atoms with Gasteiger partial charge in [0.1, 0.15) is 0 Å². The summed E-state index contributed by atoms with van der Waals surface area (Å²) in [6.07, 6.45) is 0. The zero-order valence-electron chi connectivity index (χ0n) is 9.83. The number of aliphatic carboxylic acids is 1. The summed E-state index contributed by atoms with van der Waals surface area (Å²) in [4.78, 5) is 11.0. The monoisotopic (exact) mass is 310 g/mol. The Hall–Kier alpha value is -1.76. The number of carbonyl (C=O) groups is 1. The van der Waals surface area contributed by atoms with E-state index < -0.39 is 12.0 Å². The van der Waals surface area contributed by atoms with Crippen LogP contribution in [0.2, 0.25) is 0 Å². The van der Waals surface area contributed by atoms with Crippen LogP contribution in [0.4, 0.5) is 0 Å². The van der Waals surface area contributed by atoms with Crippen LogP contribution in [0.1, 0.15) is 18.5 Å². The molecule has 0 radical (unpaired) electrons. The number of aryl methyl sites for hydroxylation is 1. The number of benzene rings is 1. The molecule has 7 heteroatoms. The molecule has 0 aliphatic rings. The first kappa shape index (κ1) is 12.7. The zero-order valence-corrected chi connectivity index (χ0v) is 11.4. The molecule has 94 valence electrons. The highest BCUT2D eigenvalue weighted by Gasteiger charge is 2.21. The van der Waals surface area contributed by atoms with Gasteiger partial charge in [0.25, 0.3) is 0 Å². The van der Waals surface area contributed by atoms with E-state index in [1.54, 1.807) is 0 Å². The van der Waals surface area contributed by atoms with Gasteiger partial charge in [0.15, 0.2) is 11.9 Å². The van der Waals surface area contributed by atoms with E-state index in [9.17, 15) is 4.79 Å². The lowest BCUT2D eigenvalue weighted by Gasteiger charge is -2.10. The molecule has 2 rings (SSSR count). The third-order valence-corrected chi connectivity index (χ3v) is 3.27. The first-order valence-corrected chi connectivity index (χ1v) is 6.07. The molecule has 1 aromatic heterocycles. The van der Waals surface area contributed by atoms with E-state index in [2.05, 4.69) is 31.5 Å². The molecule has 0 saturated carbocycles. The molecule has 6 nitrogen and oxygen atoms in total. The molecular formula is C11H11BrN4O2. The second-order valence-corrected chi connectivity index (χ2v) is 4.80. The number of hydrogen-bond acceptors (Lipinski definition) is 4.